The van der Waals surface area contributed by atoms with Gasteiger partial charge in [-0.15, -0.1) is 0 Å². The first-order valence-electron chi connectivity index (χ1n) is 9.83. The summed E-state index contributed by atoms with van der Waals surface area (Å²) < 4.78 is 10.2. The number of carbonyl (C=O) groups excluding carboxylic acids is 4. The minimum Gasteiger partial charge on any atom is -0.464 e. The van der Waals surface area contributed by atoms with Crippen molar-refractivity contribution in [3.05, 3.63) is 35.4 Å². The fraction of sp³-hybridized carbons (Fsp3) is 0.524. The summed E-state index contributed by atoms with van der Waals surface area (Å²) in [6.07, 6.45) is -0.120. The Labute approximate surface area is 180 Å². The zero-order valence-electron chi connectivity index (χ0n) is 17.7. The molecule has 30 heavy (non-hydrogen) atoms. The standard InChI is InChI=1S/C21H28N2O6S/c1-5-28-19(26)16(22-20(27)29-21(2,3)4)13-30-12-8-11-23-17(24)14-9-6-7-10-15(14)18(23)25/h6-7,9-10,16H,5,8,11-13H2,1-4H3,(H,22,27). The van der Waals surface area contributed by atoms with Crippen molar-refractivity contribution in [2.75, 3.05) is 24.7 Å². The number of alkyl carbamates (subject to hydrolysis) is 1. The van der Waals surface area contributed by atoms with E-state index in [1.54, 1.807) is 52.0 Å². The molecular formula is C21H28N2O6S. The van der Waals surface area contributed by atoms with Crippen LogP contribution < -0.4 is 5.32 Å². The molecule has 0 saturated heterocycles. The van der Waals surface area contributed by atoms with Crippen molar-refractivity contribution in [3.8, 4) is 0 Å². The quantitative estimate of drug-likeness (QED) is 0.361. The highest BCUT2D eigenvalue weighted by molar-refractivity contribution is 7.99. The summed E-state index contributed by atoms with van der Waals surface area (Å²) in [7, 11) is 0. The van der Waals surface area contributed by atoms with E-state index < -0.39 is 23.7 Å². The fourth-order valence-corrected chi connectivity index (χ4v) is 3.78. The number of thioether (sulfide) groups is 1. The number of amides is 3. The Morgan fingerprint density at radius 3 is 2.27 bits per heavy atom. The molecule has 2 rings (SSSR count). The highest BCUT2D eigenvalue weighted by Gasteiger charge is 2.34. The van der Waals surface area contributed by atoms with Gasteiger partial charge in [0.05, 0.1) is 17.7 Å². The first-order valence-corrected chi connectivity index (χ1v) is 11.0. The van der Waals surface area contributed by atoms with Crippen molar-refractivity contribution in [1.29, 1.82) is 0 Å². The number of nitrogens with one attached hydrogen (secondary N) is 1. The van der Waals surface area contributed by atoms with Crippen LogP contribution in [0.25, 0.3) is 0 Å². The molecule has 1 aliphatic rings. The zero-order chi connectivity index (χ0) is 22.3. The van der Waals surface area contributed by atoms with Gasteiger partial charge in [-0.1, -0.05) is 12.1 Å². The monoisotopic (exact) mass is 436 g/mol. The number of ether oxygens (including phenoxy) is 2. The number of nitrogens with zero attached hydrogens (tertiary/aromatic N) is 1. The van der Waals surface area contributed by atoms with E-state index in [0.29, 0.717) is 35.6 Å². The van der Waals surface area contributed by atoms with Gasteiger partial charge in [-0.3, -0.25) is 14.5 Å². The van der Waals surface area contributed by atoms with E-state index in [1.807, 2.05) is 0 Å². The summed E-state index contributed by atoms with van der Waals surface area (Å²) in [4.78, 5) is 50.1. The van der Waals surface area contributed by atoms with Crippen LogP contribution in [-0.2, 0) is 14.3 Å². The van der Waals surface area contributed by atoms with Crippen LogP contribution in [-0.4, -0.2) is 65.1 Å². The second-order valence-corrected chi connectivity index (χ2v) is 8.84. The lowest BCUT2D eigenvalue weighted by Crippen LogP contribution is -2.45. The van der Waals surface area contributed by atoms with Gasteiger partial charge in [-0.2, -0.15) is 11.8 Å². The number of esters is 1. The molecule has 3 amide bonds. The van der Waals surface area contributed by atoms with Crippen LogP contribution in [0.3, 0.4) is 0 Å². The number of rotatable bonds is 9. The lowest BCUT2D eigenvalue weighted by atomic mass is 10.1. The second kappa shape index (κ2) is 10.5. The summed E-state index contributed by atoms with van der Waals surface area (Å²) in [5, 5.41) is 2.54. The van der Waals surface area contributed by atoms with Crippen molar-refractivity contribution in [3.63, 3.8) is 0 Å². The average molecular weight is 437 g/mol. The molecular weight excluding hydrogens is 408 g/mol. The Morgan fingerprint density at radius 2 is 1.73 bits per heavy atom. The lowest BCUT2D eigenvalue weighted by molar-refractivity contribution is -0.145. The van der Waals surface area contributed by atoms with E-state index in [1.165, 1.54) is 16.7 Å². The maximum absolute atomic E-state index is 12.4. The first-order chi connectivity index (χ1) is 14.1. The summed E-state index contributed by atoms with van der Waals surface area (Å²) in [6, 6.07) is 5.92. The van der Waals surface area contributed by atoms with E-state index in [-0.39, 0.29) is 18.4 Å². The van der Waals surface area contributed by atoms with Crippen LogP contribution in [0.5, 0.6) is 0 Å². The summed E-state index contributed by atoms with van der Waals surface area (Å²) in [6.45, 7) is 7.40. The van der Waals surface area contributed by atoms with E-state index in [4.69, 9.17) is 9.47 Å². The molecule has 9 heteroatoms. The highest BCUT2D eigenvalue weighted by atomic mass is 32.2. The predicted octanol–water partition coefficient (Wildman–Crippen LogP) is 2.86. The van der Waals surface area contributed by atoms with Crippen molar-refractivity contribution in [2.45, 2.75) is 45.8 Å². The Kier molecular flexibility index (Phi) is 8.28. The van der Waals surface area contributed by atoms with Crippen LogP contribution in [0.4, 0.5) is 4.79 Å². The molecule has 0 bridgehead atoms. The molecule has 0 aromatic heterocycles. The predicted molar refractivity (Wildman–Crippen MR) is 114 cm³/mol. The molecule has 1 aromatic rings. The number of imide groups is 1. The summed E-state index contributed by atoms with van der Waals surface area (Å²) in [5.74, 6) is -0.205. The van der Waals surface area contributed by atoms with Crippen molar-refractivity contribution < 1.29 is 28.7 Å². The van der Waals surface area contributed by atoms with Crippen LogP contribution in [0.1, 0.15) is 54.8 Å². The Morgan fingerprint density at radius 1 is 1.13 bits per heavy atom. The van der Waals surface area contributed by atoms with Crippen LogP contribution >= 0.6 is 11.8 Å². The van der Waals surface area contributed by atoms with Gasteiger partial charge >= 0.3 is 12.1 Å². The van der Waals surface area contributed by atoms with Gasteiger partial charge in [0, 0.05) is 12.3 Å². The maximum atomic E-state index is 12.4. The van der Waals surface area contributed by atoms with Gasteiger partial charge < -0.3 is 14.8 Å². The molecule has 0 radical (unpaired) electrons. The summed E-state index contributed by atoms with van der Waals surface area (Å²) in [5.41, 5.74) is 0.182. The molecule has 0 aliphatic carbocycles. The lowest BCUT2D eigenvalue weighted by Gasteiger charge is -2.22. The van der Waals surface area contributed by atoms with Crippen molar-refractivity contribution >= 4 is 35.6 Å². The molecule has 1 aliphatic heterocycles. The molecule has 0 fully saturated rings. The molecule has 1 heterocycles. The second-order valence-electron chi connectivity index (χ2n) is 7.69. The number of hydrogen-bond donors (Lipinski definition) is 1. The van der Waals surface area contributed by atoms with E-state index >= 15 is 0 Å². The minimum atomic E-state index is -0.843. The highest BCUT2D eigenvalue weighted by Crippen LogP contribution is 2.22. The third-order valence-electron chi connectivity index (χ3n) is 4.10. The molecule has 0 spiro atoms. The van der Waals surface area contributed by atoms with Crippen LogP contribution in [0.15, 0.2) is 24.3 Å². The minimum absolute atomic E-state index is 0.204. The third kappa shape index (κ3) is 6.48. The average Bonchev–Trinajstić information content (AvgIpc) is 2.90. The maximum Gasteiger partial charge on any atom is 0.408 e. The Balaban J connectivity index is 1.81. The number of benzene rings is 1. The molecule has 1 aromatic carbocycles. The topological polar surface area (TPSA) is 102 Å². The molecule has 1 unspecified atom stereocenters. The molecule has 0 saturated carbocycles. The number of fused-ring (bicyclic) bond motifs is 1. The number of carbonyl (C=O) groups is 4. The Hall–Kier alpha value is -2.55. The number of hydrogen-bond acceptors (Lipinski definition) is 7. The molecule has 8 nitrogen and oxygen atoms in total. The third-order valence-corrected chi connectivity index (χ3v) is 5.24. The Bertz CT molecular complexity index is 770. The van der Waals surface area contributed by atoms with Crippen LogP contribution in [0, 0.1) is 0 Å². The SMILES string of the molecule is CCOC(=O)C(CSCCCN1C(=O)c2ccccc2C1=O)NC(=O)OC(C)(C)C. The molecule has 164 valence electrons. The van der Waals surface area contributed by atoms with E-state index in [2.05, 4.69) is 5.32 Å². The summed E-state index contributed by atoms with van der Waals surface area (Å²) >= 11 is 1.42. The van der Waals surface area contributed by atoms with Crippen molar-refractivity contribution in [1.82, 2.24) is 10.2 Å². The van der Waals surface area contributed by atoms with Gasteiger partial charge in [0.2, 0.25) is 0 Å². The van der Waals surface area contributed by atoms with Gasteiger partial charge in [-0.05, 0) is 52.0 Å². The van der Waals surface area contributed by atoms with E-state index in [0.717, 1.165) is 0 Å². The van der Waals surface area contributed by atoms with Gasteiger partial charge in [-0.25, -0.2) is 9.59 Å². The smallest absolute Gasteiger partial charge is 0.408 e. The normalized spacial score (nSPS) is 14.3. The zero-order valence-corrected chi connectivity index (χ0v) is 18.5. The first kappa shape index (κ1) is 23.7. The fourth-order valence-electron chi connectivity index (χ4n) is 2.83. The van der Waals surface area contributed by atoms with Gasteiger partial charge in [0.1, 0.15) is 11.6 Å². The largest absolute Gasteiger partial charge is 0.464 e. The van der Waals surface area contributed by atoms with Crippen LogP contribution in [0.2, 0.25) is 0 Å². The van der Waals surface area contributed by atoms with Gasteiger partial charge in [0.15, 0.2) is 0 Å². The van der Waals surface area contributed by atoms with Crippen molar-refractivity contribution in [2.24, 2.45) is 0 Å². The molecule has 1 N–H and O–H groups in total. The van der Waals surface area contributed by atoms with E-state index in [9.17, 15) is 19.2 Å². The van der Waals surface area contributed by atoms with Gasteiger partial charge in [0.25, 0.3) is 11.8 Å². The molecule has 1 atom stereocenters.